The minimum atomic E-state index is -1.38. The number of carbonyl (C=O) groups is 3. The van der Waals surface area contributed by atoms with E-state index in [1.165, 1.54) is 24.5 Å². The van der Waals surface area contributed by atoms with E-state index in [-0.39, 0.29) is 18.3 Å². The van der Waals surface area contributed by atoms with Crippen LogP contribution in [-0.2, 0) is 21.0 Å². The number of carboxylic acid groups (broad SMARTS) is 1. The number of anilines is 3. The predicted octanol–water partition coefficient (Wildman–Crippen LogP) is 5.53. The molecule has 9 nitrogen and oxygen atoms in total. The van der Waals surface area contributed by atoms with Gasteiger partial charge in [-0.2, -0.15) is 0 Å². The molecule has 1 amide bonds. The molecule has 3 N–H and O–H groups in total. The van der Waals surface area contributed by atoms with E-state index in [9.17, 15) is 18.8 Å². The number of fused-ring (bicyclic) bond motifs is 1. The van der Waals surface area contributed by atoms with E-state index in [0.29, 0.717) is 39.0 Å². The molecule has 0 atom stereocenters. The van der Waals surface area contributed by atoms with Gasteiger partial charge in [0.1, 0.15) is 30.3 Å². The Bertz CT molecular complexity index is 1500. The van der Waals surface area contributed by atoms with Crippen molar-refractivity contribution in [3.63, 3.8) is 0 Å². The third-order valence-corrected chi connectivity index (χ3v) is 5.16. The summed E-state index contributed by atoms with van der Waals surface area (Å²) in [7, 11) is 0. The Morgan fingerprint density at radius 2 is 1.82 bits per heavy atom. The summed E-state index contributed by atoms with van der Waals surface area (Å²) < 4.78 is 19.0. The van der Waals surface area contributed by atoms with Gasteiger partial charge in [0.15, 0.2) is 0 Å². The van der Waals surface area contributed by atoms with E-state index in [1.807, 2.05) is 0 Å². The molecular weight excluding hydrogens is 515 g/mol. The molecule has 0 spiro atoms. The fraction of sp³-hybridized carbons (Fsp3) is 0.0741. The van der Waals surface area contributed by atoms with Crippen LogP contribution in [0.4, 0.5) is 21.6 Å². The first-order chi connectivity index (χ1) is 18.2. The maximum absolute atomic E-state index is 13.3. The summed E-state index contributed by atoms with van der Waals surface area (Å²) in [4.78, 5) is 39.1. The number of nitrogens with zero attached hydrogens (tertiary/aromatic N) is 2. The molecule has 38 heavy (non-hydrogen) atoms. The van der Waals surface area contributed by atoms with Crippen molar-refractivity contribution in [1.82, 2.24) is 9.97 Å². The third kappa shape index (κ3) is 7.84. The minimum absolute atomic E-state index is 0.194. The molecule has 0 aliphatic heterocycles. The lowest BCUT2D eigenvalue weighted by Crippen LogP contribution is -2.07. The van der Waals surface area contributed by atoms with Gasteiger partial charge in [-0.15, -0.1) is 0 Å². The van der Waals surface area contributed by atoms with Crippen LogP contribution in [0.3, 0.4) is 0 Å². The van der Waals surface area contributed by atoms with Gasteiger partial charge < -0.3 is 20.5 Å². The first-order valence-electron chi connectivity index (χ1n) is 11.0. The Kier molecular flexibility index (Phi) is 9.44. The normalized spacial score (nSPS) is 10.1. The molecule has 0 unspecified atom stereocenters. The maximum Gasteiger partial charge on any atom is 0.371 e. The Balaban J connectivity index is 0.000000599. The number of benzene rings is 3. The molecule has 0 saturated carbocycles. The second kappa shape index (κ2) is 12.9. The average molecular weight is 537 g/mol. The molecular formula is C27H22ClFN4O5. The highest BCUT2D eigenvalue weighted by atomic mass is 35.5. The van der Waals surface area contributed by atoms with Gasteiger partial charge in [0.05, 0.1) is 10.5 Å². The Morgan fingerprint density at radius 3 is 2.47 bits per heavy atom. The number of carboxylic acids is 1. The molecule has 0 aliphatic carbocycles. The van der Waals surface area contributed by atoms with Crippen molar-refractivity contribution in [2.24, 2.45) is 0 Å². The van der Waals surface area contributed by atoms with Gasteiger partial charge in [-0.3, -0.25) is 9.59 Å². The SMILES string of the molecule is C=CC(=O)Nc1ccc2ncnc(Nc3ccc(OCc4cccc(F)c4)c(Cl)c3)c2c1.CC(=O)C(=O)O. The fourth-order valence-electron chi connectivity index (χ4n) is 3.05. The van der Waals surface area contributed by atoms with Crippen molar-refractivity contribution >= 4 is 57.4 Å². The third-order valence-electron chi connectivity index (χ3n) is 4.87. The fourth-order valence-corrected chi connectivity index (χ4v) is 3.28. The lowest BCUT2D eigenvalue weighted by atomic mass is 10.2. The molecule has 11 heteroatoms. The van der Waals surface area contributed by atoms with Crippen molar-refractivity contribution in [3.05, 3.63) is 96.0 Å². The summed E-state index contributed by atoms with van der Waals surface area (Å²) in [5, 5.41) is 14.7. The van der Waals surface area contributed by atoms with E-state index in [4.69, 9.17) is 21.4 Å². The van der Waals surface area contributed by atoms with E-state index < -0.39 is 11.8 Å². The monoisotopic (exact) mass is 536 g/mol. The van der Waals surface area contributed by atoms with Gasteiger partial charge >= 0.3 is 5.97 Å². The van der Waals surface area contributed by atoms with Crippen LogP contribution in [0, 0.1) is 5.82 Å². The minimum Gasteiger partial charge on any atom is -0.487 e. The zero-order chi connectivity index (χ0) is 27.7. The van der Waals surface area contributed by atoms with Crippen LogP contribution in [0.1, 0.15) is 12.5 Å². The quantitative estimate of drug-likeness (QED) is 0.198. The number of halogens is 2. The van der Waals surface area contributed by atoms with Gasteiger partial charge in [-0.25, -0.2) is 19.2 Å². The molecule has 0 fully saturated rings. The zero-order valence-electron chi connectivity index (χ0n) is 20.1. The van der Waals surface area contributed by atoms with Crippen molar-refractivity contribution in [1.29, 1.82) is 0 Å². The standard InChI is InChI=1S/C24H18ClFN4O2.C3H4O3/c1-2-23(31)29-17-6-8-21-19(11-17)24(28-14-27-21)30-18-7-9-22(20(25)12-18)32-13-15-4-3-5-16(26)10-15;1-2(4)3(5)6/h2-12,14H,1,13H2,(H,29,31)(H,27,28,30);1H3,(H,5,6). The second-order valence-electron chi connectivity index (χ2n) is 7.70. The summed E-state index contributed by atoms with van der Waals surface area (Å²) in [5.41, 5.74) is 2.70. The number of hydrogen-bond acceptors (Lipinski definition) is 7. The number of hydrogen-bond donors (Lipinski definition) is 3. The van der Waals surface area contributed by atoms with Gasteiger partial charge in [0.2, 0.25) is 11.7 Å². The highest BCUT2D eigenvalue weighted by molar-refractivity contribution is 6.32. The smallest absolute Gasteiger partial charge is 0.371 e. The Morgan fingerprint density at radius 1 is 1.08 bits per heavy atom. The largest absolute Gasteiger partial charge is 0.487 e. The van der Waals surface area contributed by atoms with Gasteiger partial charge in [-0.1, -0.05) is 30.3 Å². The van der Waals surface area contributed by atoms with Crippen LogP contribution in [0.25, 0.3) is 10.9 Å². The number of carbonyl (C=O) groups excluding carboxylic acids is 2. The number of rotatable bonds is 8. The number of ketones is 1. The lowest BCUT2D eigenvalue weighted by Gasteiger charge is -2.12. The first-order valence-corrected chi connectivity index (χ1v) is 11.4. The van der Waals surface area contributed by atoms with Crippen molar-refractivity contribution in [3.8, 4) is 5.75 Å². The van der Waals surface area contributed by atoms with Crippen LogP contribution in [0.15, 0.2) is 79.6 Å². The predicted molar refractivity (Wildman–Crippen MR) is 142 cm³/mol. The van der Waals surface area contributed by atoms with E-state index >= 15 is 0 Å². The summed E-state index contributed by atoms with van der Waals surface area (Å²) in [6, 6.07) is 16.7. The van der Waals surface area contributed by atoms with Gasteiger partial charge in [-0.05, 0) is 60.2 Å². The number of aliphatic carboxylic acids is 1. The Labute approximate surface area is 221 Å². The topological polar surface area (TPSA) is 131 Å². The summed E-state index contributed by atoms with van der Waals surface area (Å²) in [6.45, 7) is 4.65. The van der Waals surface area contributed by atoms with Gasteiger partial charge in [0.25, 0.3) is 0 Å². The highest BCUT2D eigenvalue weighted by Crippen LogP contribution is 2.31. The van der Waals surface area contributed by atoms with Gasteiger partial charge in [0, 0.05) is 23.7 Å². The van der Waals surface area contributed by atoms with Crippen molar-refractivity contribution < 1.29 is 28.6 Å². The molecule has 194 valence electrons. The van der Waals surface area contributed by atoms with E-state index in [1.54, 1.807) is 48.5 Å². The molecule has 4 rings (SSSR count). The lowest BCUT2D eigenvalue weighted by molar-refractivity contribution is -0.148. The average Bonchev–Trinajstić information content (AvgIpc) is 2.89. The van der Waals surface area contributed by atoms with Crippen LogP contribution >= 0.6 is 11.6 Å². The van der Waals surface area contributed by atoms with E-state index in [0.717, 1.165) is 12.3 Å². The molecule has 4 aromatic rings. The van der Waals surface area contributed by atoms with E-state index in [2.05, 4.69) is 27.2 Å². The molecule has 3 aromatic carbocycles. The number of ether oxygens (including phenoxy) is 1. The summed E-state index contributed by atoms with van der Waals surface area (Å²) >= 11 is 6.38. The number of Topliss-reactive ketones (excluding diaryl/α,β-unsaturated/α-hetero) is 1. The highest BCUT2D eigenvalue weighted by Gasteiger charge is 2.09. The van der Waals surface area contributed by atoms with Crippen LogP contribution in [-0.4, -0.2) is 32.7 Å². The molecule has 1 heterocycles. The van der Waals surface area contributed by atoms with Crippen LogP contribution < -0.4 is 15.4 Å². The molecule has 0 saturated heterocycles. The maximum atomic E-state index is 13.3. The first kappa shape index (κ1) is 27.8. The molecule has 1 aromatic heterocycles. The van der Waals surface area contributed by atoms with Crippen LogP contribution in [0.2, 0.25) is 5.02 Å². The summed E-state index contributed by atoms with van der Waals surface area (Å²) in [6.07, 6.45) is 2.65. The number of amides is 1. The zero-order valence-corrected chi connectivity index (χ0v) is 20.8. The molecule has 0 bridgehead atoms. The number of aromatic nitrogens is 2. The van der Waals surface area contributed by atoms with Crippen LogP contribution in [0.5, 0.6) is 5.75 Å². The number of nitrogens with one attached hydrogen (secondary N) is 2. The summed E-state index contributed by atoms with van der Waals surface area (Å²) in [5.74, 6) is -1.81. The second-order valence-corrected chi connectivity index (χ2v) is 8.10. The van der Waals surface area contributed by atoms with Crippen molar-refractivity contribution in [2.75, 3.05) is 10.6 Å². The molecule has 0 radical (unpaired) electrons. The van der Waals surface area contributed by atoms with Crippen molar-refractivity contribution in [2.45, 2.75) is 13.5 Å². The molecule has 0 aliphatic rings. The Hall–Kier alpha value is -4.83.